The molecule has 4 nitrogen and oxygen atoms in total. The lowest BCUT2D eigenvalue weighted by Crippen LogP contribution is -2.26. The van der Waals surface area contributed by atoms with E-state index in [1.54, 1.807) is 12.1 Å². The molecule has 15 heavy (non-hydrogen) atoms. The van der Waals surface area contributed by atoms with Gasteiger partial charge in [-0.05, 0) is 26.0 Å². The summed E-state index contributed by atoms with van der Waals surface area (Å²) in [4.78, 5) is 12.2. The van der Waals surface area contributed by atoms with Crippen LogP contribution in [-0.4, -0.2) is 18.0 Å². The van der Waals surface area contributed by atoms with E-state index >= 15 is 0 Å². The summed E-state index contributed by atoms with van der Waals surface area (Å²) < 4.78 is 0. The molecule has 0 aliphatic rings. The Morgan fingerprint density at radius 3 is 2.53 bits per heavy atom. The first-order chi connectivity index (χ1) is 6.95. The molecular formula is C10H13ClN2O2. The third-order valence-corrected chi connectivity index (χ3v) is 2.61. The van der Waals surface area contributed by atoms with Crippen LogP contribution in [0.3, 0.4) is 0 Å². The number of halogens is 1. The van der Waals surface area contributed by atoms with Crippen molar-refractivity contribution in [3.63, 3.8) is 0 Å². The molecule has 0 saturated carbocycles. The van der Waals surface area contributed by atoms with E-state index < -0.39 is 4.92 Å². The van der Waals surface area contributed by atoms with Crippen LogP contribution in [0.2, 0.25) is 5.02 Å². The zero-order valence-corrected chi connectivity index (χ0v) is 9.65. The molecule has 0 fully saturated rings. The van der Waals surface area contributed by atoms with E-state index in [9.17, 15) is 10.1 Å². The van der Waals surface area contributed by atoms with Gasteiger partial charge >= 0.3 is 5.69 Å². The fraction of sp³-hybridized carbons (Fsp3) is 0.400. The number of nitro benzene ring substituents is 1. The minimum atomic E-state index is -0.448. The molecule has 82 valence electrons. The van der Waals surface area contributed by atoms with Crippen molar-refractivity contribution in [1.82, 2.24) is 0 Å². The summed E-state index contributed by atoms with van der Waals surface area (Å²) in [5.41, 5.74) is 0.512. The second kappa shape index (κ2) is 4.49. The second-order valence-electron chi connectivity index (χ2n) is 3.57. The van der Waals surface area contributed by atoms with Crippen molar-refractivity contribution in [2.24, 2.45) is 0 Å². The first-order valence-corrected chi connectivity index (χ1v) is 4.98. The van der Waals surface area contributed by atoms with Crippen LogP contribution in [0.1, 0.15) is 13.8 Å². The largest absolute Gasteiger partial charge is 0.367 e. The van der Waals surface area contributed by atoms with Crippen LogP contribution in [0.15, 0.2) is 18.2 Å². The van der Waals surface area contributed by atoms with Gasteiger partial charge in [0.1, 0.15) is 10.7 Å². The SMILES string of the molecule is CC(C)N(C)c1cccc(Cl)c1[N+](=O)[O-]. The number of nitrogens with zero attached hydrogens (tertiary/aromatic N) is 2. The van der Waals surface area contributed by atoms with Crippen molar-refractivity contribution in [3.8, 4) is 0 Å². The Morgan fingerprint density at radius 2 is 2.07 bits per heavy atom. The molecular weight excluding hydrogens is 216 g/mol. The average Bonchev–Trinajstić information content (AvgIpc) is 2.15. The van der Waals surface area contributed by atoms with Crippen LogP contribution < -0.4 is 4.90 Å². The van der Waals surface area contributed by atoms with Gasteiger partial charge in [0.2, 0.25) is 0 Å². The summed E-state index contributed by atoms with van der Waals surface area (Å²) in [5, 5.41) is 11.0. The van der Waals surface area contributed by atoms with Crippen molar-refractivity contribution in [2.75, 3.05) is 11.9 Å². The van der Waals surface area contributed by atoms with Gasteiger partial charge in [-0.3, -0.25) is 10.1 Å². The number of nitro groups is 1. The molecule has 0 aliphatic heterocycles. The monoisotopic (exact) mass is 228 g/mol. The van der Waals surface area contributed by atoms with Crippen LogP contribution >= 0.6 is 11.6 Å². The molecule has 0 atom stereocenters. The molecule has 1 rings (SSSR count). The highest BCUT2D eigenvalue weighted by atomic mass is 35.5. The molecule has 1 aromatic rings. The van der Waals surface area contributed by atoms with E-state index in [-0.39, 0.29) is 16.8 Å². The van der Waals surface area contributed by atoms with Crippen LogP contribution in [0.5, 0.6) is 0 Å². The molecule has 0 heterocycles. The van der Waals surface area contributed by atoms with Gasteiger partial charge in [-0.25, -0.2) is 0 Å². The van der Waals surface area contributed by atoms with Crippen molar-refractivity contribution in [3.05, 3.63) is 33.3 Å². The van der Waals surface area contributed by atoms with Crippen LogP contribution in [-0.2, 0) is 0 Å². The van der Waals surface area contributed by atoms with E-state index in [1.165, 1.54) is 6.07 Å². The number of para-hydroxylation sites is 1. The molecule has 1 aromatic carbocycles. The summed E-state index contributed by atoms with van der Waals surface area (Å²) in [6.07, 6.45) is 0. The van der Waals surface area contributed by atoms with Crippen molar-refractivity contribution < 1.29 is 4.92 Å². The summed E-state index contributed by atoms with van der Waals surface area (Å²) in [6.45, 7) is 3.93. The fourth-order valence-electron chi connectivity index (χ4n) is 1.25. The van der Waals surface area contributed by atoms with E-state index in [1.807, 2.05) is 25.8 Å². The maximum Gasteiger partial charge on any atom is 0.310 e. The van der Waals surface area contributed by atoms with E-state index in [0.717, 1.165) is 0 Å². The summed E-state index contributed by atoms with van der Waals surface area (Å²) in [6, 6.07) is 5.12. The smallest absolute Gasteiger partial charge is 0.310 e. The van der Waals surface area contributed by atoms with Gasteiger partial charge in [-0.1, -0.05) is 17.7 Å². The minimum Gasteiger partial charge on any atom is -0.367 e. The maximum atomic E-state index is 10.9. The second-order valence-corrected chi connectivity index (χ2v) is 3.98. The maximum absolute atomic E-state index is 10.9. The third-order valence-electron chi connectivity index (χ3n) is 2.30. The molecule has 5 heteroatoms. The highest BCUT2D eigenvalue weighted by molar-refractivity contribution is 6.33. The first kappa shape index (κ1) is 11.8. The molecule has 0 aromatic heterocycles. The predicted molar refractivity (Wildman–Crippen MR) is 61.6 cm³/mol. The van der Waals surface area contributed by atoms with Crippen molar-refractivity contribution in [2.45, 2.75) is 19.9 Å². The lowest BCUT2D eigenvalue weighted by molar-refractivity contribution is -0.384. The third kappa shape index (κ3) is 2.39. The van der Waals surface area contributed by atoms with Gasteiger partial charge in [0.05, 0.1) is 4.92 Å². The Balaban J connectivity index is 3.29. The van der Waals surface area contributed by atoms with Crippen LogP contribution in [0, 0.1) is 10.1 Å². The molecule has 0 amide bonds. The highest BCUT2D eigenvalue weighted by Crippen LogP contribution is 2.34. The van der Waals surface area contributed by atoms with Crippen LogP contribution in [0.4, 0.5) is 11.4 Å². The van der Waals surface area contributed by atoms with E-state index in [2.05, 4.69) is 0 Å². The Hall–Kier alpha value is -1.29. The number of hydrogen-bond donors (Lipinski definition) is 0. The molecule has 0 spiro atoms. The first-order valence-electron chi connectivity index (χ1n) is 4.61. The minimum absolute atomic E-state index is 0.0321. The molecule has 0 bridgehead atoms. The zero-order valence-electron chi connectivity index (χ0n) is 8.90. The predicted octanol–water partition coefficient (Wildman–Crippen LogP) is 3.09. The molecule has 0 radical (unpaired) electrons. The van der Waals surface area contributed by atoms with E-state index in [0.29, 0.717) is 5.69 Å². The zero-order chi connectivity index (χ0) is 11.6. The Labute approximate surface area is 93.6 Å². The van der Waals surface area contributed by atoms with Gasteiger partial charge in [-0.15, -0.1) is 0 Å². The molecule has 0 saturated heterocycles. The Morgan fingerprint density at radius 1 is 1.47 bits per heavy atom. The van der Waals surface area contributed by atoms with Gasteiger partial charge in [0.15, 0.2) is 0 Å². The van der Waals surface area contributed by atoms with Crippen LogP contribution in [0.25, 0.3) is 0 Å². The number of hydrogen-bond acceptors (Lipinski definition) is 3. The Kier molecular flexibility index (Phi) is 3.52. The lowest BCUT2D eigenvalue weighted by Gasteiger charge is -2.23. The van der Waals surface area contributed by atoms with Gasteiger partial charge in [-0.2, -0.15) is 0 Å². The average molecular weight is 229 g/mol. The normalized spacial score (nSPS) is 10.5. The standard InChI is InChI=1S/C10H13ClN2O2/c1-7(2)12(3)9-6-4-5-8(11)10(9)13(14)15/h4-7H,1-3H3. The van der Waals surface area contributed by atoms with Crippen molar-refractivity contribution >= 4 is 23.0 Å². The number of benzene rings is 1. The number of anilines is 1. The topological polar surface area (TPSA) is 46.4 Å². The summed E-state index contributed by atoms with van der Waals surface area (Å²) in [5.74, 6) is 0. The fourth-order valence-corrected chi connectivity index (χ4v) is 1.49. The highest BCUT2D eigenvalue weighted by Gasteiger charge is 2.21. The quantitative estimate of drug-likeness (QED) is 0.590. The van der Waals surface area contributed by atoms with Crippen molar-refractivity contribution in [1.29, 1.82) is 0 Å². The number of rotatable bonds is 3. The molecule has 0 N–H and O–H groups in total. The van der Waals surface area contributed by atoms with Gasteiger partial charge < -0.3 is 4.90 Å². The molecule has 0 aliphatic carbocycles. The van der Waals surface area contributed by atoms with Gasteiger partial charge in [0.25, 0.3) is 0 Å². The van der Waals surface area contributed by atoms with E-state index in [4.69, 9.17) is 11.6 Å². The lowest BCUT2D eigenvalue weighted by atomic mass is 10.2. The summed E-state index contributed by atoms with van der Waals surface area (Å²) in [7, 11) is 1.81. The molecule has 0 unspecified atom stereocenters. The Bertz CT molecular complexity index is 380. The summed E-state index contributed by atoms with van der Waals surface area (Å²) >= 11 is 5.80. The van der Waals surface area contributed by atoms with Gasteiger partial charge in [0, 0.05) is 13.1 Å².